The second-order valence-electron chi connectivity index (χ2n) is 5.91. The predicted octanol–water partition coefficient (Wildman–Crippen LogP) is 3.40. The zero-order valence-corrected chi connectivity index (χ0v) is 13.8. The van der Waals surface area contributed by atoms with Crippen LogP contribution in [0.25, 0.3) is 0 Å². The average Bonchev–Trinajstić information content (AvgIpc) is 2.89. The normalized spacial score (nSPS) is 18.3. The molecule has 0 spiro atoms. The number of aryl methyl sites for hydroxylation is 2. The summed E-state index contributed by atoms with van der Waals surface area (Å²) < 4.78 is 1.90. The number of hydrogen-bond acceptors (Lipinski definition) is 3. The maximum Gasteiger partial charge on any atom is 0.0521 e. The van der Waals surface area contributed by atoms with Crippen LogP contribution in [-0.4, -0.2) is 33.4 Å². The molecule has 3 nitrogen and oxygen atoms in total. The molecule has 114 valence electrons. The van der Waals surface area contributed by atoms with Gasteiger partial charge in [-0.15, -0.1) is 0 Å². The Kier molecular flexibility index (Phi) is 6.94. The van der Waals surface area contributed by atoms with Crippen molar-refractivity contribution in [2.75, 3.05) is 12.3 Å². The summed E-state index contributed by atoms with van der Waals surface area (Å²) in [5, 5.41) is 8.82. The maximum absolute atomic E-state index is 4.25. The molecular formula is C16H29N3S. The molecule has 1 aliphatic rings. The van der Waals surface area contributed by atoms with Crippen LogP contribution in [0.2, 0.25) is 0 Å². The fraction of sp³-hybridized carbons (Fsp3) is 0.812. The summed E-state index contributed by atoms with van der Waals surface area (Å²) in [5.74, 6) is 1.26. The van der Waals surface area contributed by atoms with Gasteiger partial charge in [0.05, 0.1) is 6.20 Å². The molecule has 1 aromatic rings. The lowest BCUT2D eigenvalue weighted by molar-refractivity contribution is 0.509. The van der Waals surface area contributed by atoms with E-state index in [0.29, 0.717) is 6.04 Å². The van der Waals surface area contributed by atoms with Gasteiger partial charge < -0.3 is 5.32 Å². The molecule has 0 bridgehead atoms. The highest BCUT2D eigenvalue weighted by atomic mass is 32.2. The first kappa shape index (κ1) is 15.9. The third-order valence-electron chi connectivity index (χ3n) is 4.12. The van der Waals surface area contributed by atoms with E-state index >= 15 is 0 Å². The Bertz CT molecular complexity index is 372. The summed E-state index contributed by atoms with van der Waals surface area (Å²) in [6.45, 7) is 3.28. The van der Waals surface area contributed by atoms with Crippen molar-refractivity contribution in [3.8, 4) is 0 Å². The molecule has 0 radical (unpaired) electrons. The van der Waals surface area contributed by atoms with E-state index in [1.54, 1.807) is 0 Å². The fourth-order valence-electron chi connectivity index (χ4n) is 2.96. The van der Waals surface area contributed by atoms with E-state index in [0.717, 1.165) is 18.2 Å². The third-order valence-corrected chi connectivity index (χ3v) is 5.66. The quantitative estimate of drug-likeness (QED) is 0.797. The molecule has 0 amide bonds. The third kappa shape index (κ3) is 5.49. The smallest absolute Gasteiger partial charge is 0.0521 e. The van der Waals surface area contributed by atoms with Crippen LogP contribution in [0, 0.1) is 0 Å². The Balaban J connectivity index is 1.71. The molecule has 4 heteroatoms. The molecule has 1 aromatic heterocycles. The van der Waals surface area contributed by atoms with Crippen LogP contribution in [0.3, 0.4) is 0 Å². The molecule has 1 unspecified atom stereocenters. The molecular weight excluding hydrogens is 266 g/mol. The molecule has 0 aromatic carbocycles. The van der Waals surface area contributed by atoms with E-state index < -0.39 is 0 Å². The Morgan fingerprint density at radius 3 is 2.85 bits per heavy atom. The molecule has 1 atom stereocenters. The zero-order chi connectivity index (χ0) is 14.2. The maximum atomic E-state index is 4.25. The molecule has 1 N–H and O–H groups in total. The van der Waals surface area contributed by atoms with Crippen LogP contribution in [0.1, 0.15) is 51.0 Å². The highest BCUT2D eigenvalue weighted by molar-refractivity contribution is 7.99. The minimum atomic E-state index is 0.645. The molecule has 1 aliphatic carbocycles. The van der Waals surface area contributed by atoms with Crippen molar-refractivity contribution in [1.29, 1.82) is 0 Å². The van der Waals surface area contributed by atoms with E-state index in [1.807, 2.05) is 17.9 Å². The van der Waals surface area contributed by atoms with E-state index in [-0.39, 0.29) is 0 Å². The van der Waals surface area contributed by atoms with Crippen LogP contribution in [0.5, 0.6) is 0 Å². The van der Waals surface area contributed by atoms with Crippen LogP contribution in [-0.2, 0) is 13.5 Å². The second-order valence-corrected chi connectivity index (χ2v) is 7.24. The Labute approximate surface area is 127 Å². The fourth-order valence-corrected chi connectivity index (χ4v) is 4.41. The molecule has 1 fully saturated rings. The monoisotopic (exact) mass is 295 g/mol. The summed E-state index contributed by atoms with van der Waals surface area (Å²) in [5.41, 5.74) is 1.36. The van der Waals surface area contributed by atoms with Gasteiger partial charge >= 0.3 is 0 Å². The lowest BCUT2D eigenvalue weighted by Crippen LogP contribution is -2.32. The molecule has 0 saturated heterocycles. The Hall–Kier alpha value is -0.480. The van der Waals surface area contributed by atoms with Gasteiger partial charge in [-0.05, 0) is 37.8 Å². The molecule has 2 rings (SSSR count). The average molecular weight is 295 g/mol. The van der Waals surface area contributed by atoms with Crippen LogP contribution in [0.4, 0.5) is 0 Å². The van der Waals surface area contributed by atoms with Gasteiger partial charge in [0.2, 0.25) is 0 Å². The number of nitrogens with one attached hydrogen (secondary N) is 1. The molecule has 0 aliphatic heterocycles. The molecule has 20 heavy (non-hydrogen) atoms. The second kappa shape index (κ2) is 8.73. The summed E-state index contributed by atoms with van der Waals surface area (Å²) in [4.78, 5) is 0. The summed E-state index contributed by atoms with van der Waals surface area (Å²) in [6.07, 6.45) is 13.7. The highest BCUT2D eigenvalue weighted by Gasteiger charge is 2.16. The van der Waals surface area contributed by atoms with E-state index in [4.69, 9.17) is 0 Å². The zero-order valence-electron chi connectivity index (χ0n) is 13.0. The van der Waals surface area contributed by atoms with Crippen molar-refractivity contribution in [3.05, 3.63) is 18.0 Å². The van der Waals surface area contributed by atoms with Gasteiger partial charge in [-0.25, -0.2) is 0 Å². The van der Waals surface area contributed by atoms with Gasteiger partial charge in [-0.3, -0.25) is 4.68 Å². The SMILES string of the molecule is CCNC(CCc1cnn(C)c1)CSC1CCCCC1. The van der Waals surface area contributed by atoms with Crippen LogP contribution < -0.4 is 5.32 Å². The van der Waals surface area contributed by atoms with Crippen molar-refractivity contribution in [1.82, 2.24) is 15.1 Å². The summed E-state index contributed by atoms with van der Waals surface area (Å²) in [7, 11) is 1.99. The molecule has 1 saturated carbocycles. The summed E-state index contributed by atoms with van der Waals surface area (Å²) >= 11 is 2.20. The number of nitrogens with zero attached hydrogens (tertiary/aromatic N) is 2. The lowest BCUT2D eigenvalue weighted by Gasteiger charge is -2.24. The van der Waals surface area contributed by atoms with Crippen molar-refractivity contribution >= 4 is 11.8 Å². The predicted molar refractivity (Wildman–Crippen MR) is 88.3 cm³/mol. The van der Waals surface area contributed by atoms with Gasteiger partial charge in [-0.2, -0.15) is 16.9 Å². The van der Waals surface area contributed by atoms with Gasteiger partial charge in [0, 0.05) is 30.3 Å². The number of aromatic nitrogens is 2. The van der Waals surface area contributed by atoms with Gasteiger partial charge in [0.1, 0.15) is 0 Å². The minimum absolute atomic E-state index is 0.645. The first-order chi connectivity index (χ1) is 9.78. The van der Waals surface area contributed by atoms with Crippen LogP contribution >= 0.6 is 11.8 Å². The topological polar surface area (TPSA) is 29.9 Å². The van der Waals surface area contributed by atoms with Gasteiger partial charge in [-0.1, -0.05) is 26.2 Å². The number of rotatable bonds is 8. The van der Waals surface area contributed by atoms with Crippen molar-refractivity contribution < 1.29 is 0 Å². The first-order valence-electron chi connectivity index (χ1n) is 8.10. The Morgan fingerprint density at radius 1 is 1.40 bits per heavy atom. The minimum Gasteiger partial charge on any atom is -0.313 e. The van der Waals surface area contributed by atoms with Gasteiger partial charge in [0.15, 0.2) is 0 Å². The van der Waals surface area contributed by atoms with Gasteiger partial charge in [0.25, 0.3) is 0 Å². The highest BCUT2D eigenvalue weighted by Crippen LogP contribution is 2.28. The van der Waals surface area contributed by atoms with Crippen LogP contribution in [0.15, 0.2) is 12.4 Å². The van der Waals surface area contributed by atoms with Crippen molar-refractivity contribution in [2.45, 2.75) is 63.2 Å². The number of thioether (sulfide) groups is 1. The standard InChI is InChI=1S/C16H29N3S/c1-3-17-15(10-9-14-11-18-19(2)12-14)13-20-16-7-5-4-6-8-16/h11-12,15-17H,3-10,13H2,1-2H3. The van der Waals surface area contributed by atoms with E-state index in [9.17, 15) is 0 Å². The lowest BCUT2D eigenvalue weighted by atomic mass is 10.0. The van der Waals surface area contributed by atoms with E-state index in [2.05, 4.69) is 35.3 Å². The molecule has 1 heterocycles. The first-order valence-corrected chi connectivity index (χ1v) is 9.15. The largest absolute Gasteiger partial charge is 0.313 e. The van der Waals surface area contributed by atoms with E-state index in [1.165, 1.54) is 49.8 Å². The van der Waals surface area contributed by atoms with Crippen molar-refractivity contribution in [2.24, 2.45) is 7.05 Å². The Morgan fingerprint density at radius 2 is 2.20 bits per heavy atom. The summed E-state index contributed by atoms with van der Waals surface area (Å²) in [6, 6.07) is 0.645. The number of hydrogen-bond donors (Lipinski definition) is 1. The van der Waals surface area contributed by atoms with Crippen molar-refractivity contribution in [3.63, 3.8) is 0 Å².